The summed E-state index contributed by atoms with van der Waals surface area (Å²) in [6.07, 6.45) is 1.62. The van der Waals surface area contributed by atoms with E-state index in [1.54, 1.807) is 48.8 Å². The molecule has 4 aromatic rings. The second kappa shape index (κ2) is 9.98. The first kappa shape index (κ1) is 23.3. The van der Waals surface area contributed by atoms with Crippen LogP contribution in [0.4, 0.5) is 11.4 Å². The fraction of sp³-hybridized carbons (Fsp3) is 0.0870. The normalized spacial score (nSPS) is 11.1. The van der Waals surface area contributed by atoms with E-state index in [1.807, 2.05) is 23.7 Å². The molecule has 1 amide bonds. The van der Waals surface area contributed by atoms with Gasteiger partial charge in [0.15, 0.2) is 5.16 Å². The number of amides is 1. The number of nitrogens with zero attached hydrogens (tertiary/aromatic N) is 3. The number of aromatic nitrogens is 3. The number of hydrogen-bond donors (Lipinski definition) is 2. The average Bonchev–Trinajstić information content (AvgIpc) is 3.24. The second-order valence-electron chi connectivity index (χ2n) is 7.14. The minimum absolute atomic E-state index is 0.0403. The van der Waals surface area contributed by atoms with Crippen LogP contribution in [0.15, 0.2) is 94.1 Å². The molecule has 0 bridgehead atoms. The highest BCUT2D eigenvalue weighted by atomic mass is 32.2. The highest BCUT2D eigenvalue weighted by Crippen LogP contribution is 2.28. The predicted molar refractivity (Wildman–Crippen MR) is 130 cm³/mol. The van der Waals surface area contributed by atoms with Crippen LogP contribution in [0.5, 0.6) is 5.75 Å². The first-order valence-electron chi connectivity index (χ1n) is 10.0. The minimum Gasteiger partial charge on any atom is -0.495 e. The van der Waals surface area contributed by atoms with E-state index in [0.29, 0.717) is 17.1 Å². The van der Waals surface area contributed by atoms with Crippen molar-refractivity contribution in [3.05, 3.63) is 84.7 Å². The summed E-state index contributed by atoms with van der Waals surface area (Å²) in [6, 6.07) is 19.7. The molecule has 1 aromatic heterocycles. The van der Waals surface area contributed by atoms with E-state index in [1.165, 1.54) is 37.1 Å². The second-order valence-corrected chi connectivity index (χ2v) is 9.86. The van der Waals surface area contributed by atoms with Gasteiger partial charge in [-0.25, -0.2) is 8.42 Å². The molecule has 174 valence electrons. The van der Waals surface area contributed by atoms with Crippen LogP contribution in [0, 0.1) is 0 Å². The maximum Gasteiger partial charge on any atom is 0.262 e. The summed E-state index contributed by atoms with van der Waals surface area (Å²) in [4.78, 5) is 13.7. The van der Waals surface area contributed by atoms with E-state index < -0.39 is 15.9 Å². The molecule has 0 atom stereocenters. The van der Waals surface area contributed by atoms with Crippen molar-refractivity contribution in [3.8, 4) is 5.75 Å². The highest BCUT2D eigenvalue weighted by Gasteiger charge is 2.18. The summed E-state index contributed by atoms with van der Waals surface area (Å²) in [7, 11) is -0.619. The molecule has 0 aliphatic carbocycles. The van der Waals surface area contributed by atoms with E-state index in [0.717, 1.165) is 10.1 Å². The smallest absolute Gasteiger partial charge is 0.262 e. The molecule has 0 saturated carbocycles. The molecule has 9 nitrogen and oxygen atoms in total. The van der Waals surface area contributed by atoms with E-state index in [4.69, 9.17) is 4.74 Å². The predicted octanol–water partition coefficient (Wildman–Crippen LogP) is 4.03. The number of sulfonamides is 1. The van der Waals surface area contributed by atoms with Gasteiger partial charge in [0.2, 0.25) is 0 Å². The maximum atomic E-state index is 12.9. The number of nitrogens with one attached hydrogen (secondary N) is 2. The van der Waals surface area contributed by atoms with Crippen LogP contribution in [0.3, 0.4) is 0 Å². The van der Waals surface area contributed by atoms with E-state index in [9.17, 15) is 13.2 Å². The van der Waals surface area contributed by atoms with Gasteiger partial charge in [-0.1, -0.05) is 18.2 Å². The van der Waals surface area contributed by atoms with Crippen LogP contribution in [0.2, 0.25) is 0 Å². The zero-order valence-corrected chi connectivity index (χ0v) is 19.9. The van der Waals surface area contributed by atoms with Crippen molar-refractivity contribution in [2.45, 2.75) is 14.9 Å². The number of carbonyl (C=O) groups is 1. The van der Waals surface area contributed by atoms with Gasteiger partial charge < -0.3 is 14.6 Å². The quantitative estimate of drug-likeness (QED) is 0.379. The standard InChI is InChI=1S/C23H21N5O4S2/c1-28-15-24-26-23(28)33-18-12-10-17(11-13-18)25-22(29)16-6-5-7-19(14-16)34(30,31)27-20-8-3-4-9-21(20)32-2/h3-15,27H,1-2H3,(H,25,29). The summed E-state index contributed by atoms with van der Waals surface area (Å²) in [6.45, 7) is 0. The lowest BCUT2D eigenvalue weighted by molar-refractivity contribution is 0.102. The summed E-state index contributed by atoms with van der Waals surface area (Å²) in [5.41, 5.74) is 1.09. The van der Waals surface area contributed by atoms with Crippen molar-refractivity contribution >= 4 is 39.1 Å². The van der Waals surface area contributed by atoms with Crippen molar-refractivity contribution in [1.82, 2.24) is 14.8 Å². The van der Waals surface area contributed by atoms with Gasteiger partial charge in [-0.2, -0.15) is 0 Å². The third kappa shape index (κ3) is 5.38. The molecule has 34 heavy (non-hydrogen) atoms. The van der Waals surface area contributed by atoms with Gasteiger partial charge in [-0.3, -0.25) is 9.52 Å². The number of methoxy groups -OCH3 is 1. The fourth-order valence-corrected chi connectivity index (χ4v) is 4.90. The van der Waals surface area contributed by atoms with Gasteiger partial charge in [0.1, 0.15) is 12.1 Å². The Morgan fingerprint density at radius 2 is 1.79 bits per heavy atom. The van der Waals surface area contributed by atoms with Gasteiger partial charge >= 0.3 is 0 Å². The average molecular weight is 496 g/mol. The largest absolute Gasteiger partial charge is 0.495 e. The van der Waals surface area contributed by atoms with Crippen LogP contribution < -0.4 is 14.8 Å². The fourth-order valence-electron chi connectivity index (χ4n) is 3.02. The Kier molecular flexibility index (Phi) is 6.85. The lowest BCUT2D eigenvalue weighted by Gasteiger charge is -2.12. The number of benzene rings is 3. The monoisotopic (exact) mass is 495 g/mol. The Morgan fingerprint density at radius 1 is 1.03 bits per heavy atom. The third-order valence-corrected chi connectivity index (χ3v) is 7.17. The van der Waals surface area contributed by atoms with Gasteiger partial charge in [0, 0.05) is 23.2 Å². The molecule has 11 heteroatoms. The zero-order chi connectivity index (χ0) is 24.1. The van der Waals surface area contributed by atoms with Crippen molar-refractivity contribution in [2.75, 3.05) is 17.1 Å². The van der Waals surface area contributed by atoms with Crippen LogP contribution in [0.1, 0.15) is 10.4 Å². The van der Waals surface area contributed by atoms with Crippen LogP contribution >= 0.6 is 11.8 Å². The third-order valence-electron chi connectivity index (χ3n) is 4.75. The molecule has 0 radical (unpaired) electrons. The molecule has 0 saturated heterocycles. The Hall–Kier alpha value is -3.83. The SMILES string of the molecule is COc1ccccc1NS(=O)(=O)c1cccc(C(=O)Nc2ccc(Sc3nncn3C)cc2)c1. The molecular formula is C23H21N5O4S2. The number of ether oxygens (including phenoxy) is 1. The molecule has 3 aromatic carbocycles. The van der Waals surface area contributed by atoms with Gasteiger partial charge in [-0.05, 0) is 66.4 Å². The Labute approximate surface area is 201 Å². The number of rotatable bonds is 8. The zero-order valence-electron chi connectivity index (χ0n) is 18.3. The number of carbonyl (C=O) groups excluding carboxylic acids is 1. The molecule has 0 aliphatic heterocycles. The molecule has 2 N–H and O–H groups in total. The molecule has 0 aliphatic rings. The van der Waals surface area contributed by atoms with Gasteiger partial charge in [-0.15, -0.1) is 10.2 Å². The summed E-state index contributed by atoms with van der Waals surface area (Å²) < 4.78 is 35.3. The summed E-state index contributed by atoms with van der Waals surface area (Å²) in [5.74, 6) is -0.0381. The van der Waals surface area contributed by atoms with E-state index >= 15 is 0 Å². The Balaban J connectivity index is 1.47. The number of aryl methyl sites for hydroxylation is 1. The van der Waals surface area contributed by atoms with Gasteiger partial charge in [0.05, 0.1) is 17.7 Å². The first-order chi connectivity index (χ1) is 16.4. The molecule has 1 heterocycles. The summed E-state index contributed by atoms with van der Waals surface area (Å²) >= 11 is 1.45. The first-order valence-corrected chi connectivity index (χ1v) is 12.3. The van der Waals surface area contributed by atoms with Crippen LogP contribution in [0.25, 0.3) is 0 Å². The lowest BCUT2D eigenvalue weighted by atomic mass is 10.2. The van der Waals surface area contributed by atoms with Crippen molar-refractivity contribution in [3.63, 3.8) is 0 Å². The minimum atomic E-state index is -3.93. The number of anilines is 2. The molecule has 0 fully saturated rings. The Morgan fingerprint density at radius 3 is 2.50 bits per heavy atom. The lowest BCUT2D eigenvalue weighted by Crippen LogP contribution is -2.16. The van der Waals surface area contributed by atoms with Crippen molar-refractivity contribution < 1.29 is 17.9 Å². The van der Waals surface area contributed by atoms with Crippen molar-refractivity contribution in [2.24, 2.45) is 7.05 Å². The molecule has 0 unspecified atom stereocenters. The molecular weight excluding hydrogens is 474 g/mol. The topological polar surface area (TPSA) is 115 Å². The van der Waals surface area contributed by atoms with Gasteiger partial charge in [0.25, 0.3) is 15.9 Å². The van der Waals surface area contributed by atoms with Crippen LogP contribution in [-0.2, 0) is 17.1 Å². The maximum absolute atomic E-state index is 12.9. The molecule has 4 rings (SSSR count). The van der Waals surface area contributed by atoms with E-state index in [2.05, 4.69) is 20.2 Å². The molecule has 0 spiro atoms. The number of para-hydroxylation sites is 2. The Bertz CT molecular complexity index is 1420. The number of hydrogen-bond acceptors (Lipinski definition) is 7. The van der Waals surface area contributed by atoms with Crippen LogP contribution in [-0.4, -0.2) is 36.2 Å². The van der Waals surface area contributed by atoms with Crippen molar-refractivity contribution in [1.29, 1.82) is 0 Å². The highest BCUT2D eigenvalue weighted by molar-refractivity contribution is 7.99. The summed E-state index contributed by atoms with van der Waals surface area (Å²) in [5, 5.41) is 11.4. The van der Waals surface area contributed by atoms with E-state index in [-0.39, 0.29) is 10.5 Å².